The van der Waals surface area contributed by atoms with Crippen LogP contribution in [0.4, 0.5) is 13.2 Å². The second kappa shape index (κ2) is 9.26. The van der Waals surface area contributed by atoms with Crippen LogP contribution in [0.3, 0.4) is 0 Å². The highest BCUT2D eigenvalue weighted by Crippen LogP contribution is 2.30. The number of amidine groups is 1. The van der Waals surface area contributed by atoms with E-state index in [1.54, 1.807) is 16.9 Å². The Labute approximate surface area is 186 Å². The van der Waals surface area contributed by atoms with Crippen molar-refractivity contribution < 1.29 is 13.2 Å². The van der Waals surface area contributed by atoms with E-state index in [4.69, 9.17) is 4.99 Å². The molecule has 1 atom stereocenters. The molecule has 1 aromatic carbocycles. The predicted molar refractivity (Wildman–Crippen MR) is 118 cm³/mol. The molecule has 0 radical (unpaired) electrons. The lowest BCUT2D eigenvalue weighted by molar-refractivity contribution is -0.137. The van der Waals surface area contributed by atoms with Gasteiger partial charge in [-0.15, -0.1) is 0 Å². The molecule has 0 aliphatic carbocycles. The second-order valence-corrected chi connectivity index (χ2v) is 8.24. The lowest BCUT2D eigenvalue weighted by Gasteiger charge is -2.35. The Kier molecular flexibility index (Phi) is 6.43. The first-order chi connectivity index (χ1) is 15.4. The molecule has 0 spiro atoms. The Bertz CT molecular complexity index is 994. The minimum Gasteiger partial charge on any atom is -0.358 e. The average molecular weight is 447 g/mol. The number of rotatable bonds is 8. The number of aliphatic imine (C=N–C) groups is 1. The Morgan fingerprint density at radius 3 is 2.69 bits per heavy atom. The summed E-state index contributed by atoms with van der Waals surface area (Å²) < 4.78 is 40.6. The Hall–Kier alpha value is -2.97. The number of aromatic nitrogens is 2. The van der Waals surface area contributed by atoms with Crippen LogP contribution in [-0.2, 0) is 19.1 Å². The summed E-state index contributed by atoms with van der Waals surface area (Å²) in [4.78, 5) is 9.51. The molecule has 0 amide bonds. The van der Waals surface area contributed by atoms with Gasteiger partial charge in [0, 0.05) is 37.6 Å². The summed E-state index contributed by atoms with van der Waals surface area (Å²) in [5.74, 6) is 0.987. The molecule has 1 N–H and O–H groups in total. The zero-order chi connectivity index (χ0) is 22.7. The van der Waals surface area contributed by atoms with Gasteiger partial charge >= 0.3 is 6.18 Å². The van der Waals surface area contributed by atoms with Crippen LogP contribution in [0.5, 0.6) is 0 Å². The standard InChI is InChI=1S/C23H29F3N6/c1-3-9-30-15-20-22(31(16-30)10-4-2)29-21(28-20)18-13-27-32(14-18)11-8-17-6-5-7-19(12-17)23(24,25)26/h5-7,12-15,21,28H,3-4,8-11,16H2,1-2H3. The molecule has 32 heavy (non-hydrogen) atoms. The molecule has 2 aliphatic heterocycles. The van der Waals surface area contributed by atoms with Crippen LogP contribution in [-0.4, -0.2) is 45.2 Å². The van der Waals surface area contributed by atoms with Gasteiger partial charge in [0.2, 0.25) is 0 Å². The van der Waals surface area contributed by atoms with Crippen LogP contribution in [0, 0.1) is 0 Å². The number of hydrogen-bond donors (Lipinski definition) is 1. The normalized spacial score (nSPS) is 18.3. The molecule has 4 rings (SSSR count). The Balaban J connectivity index is 1.44. The minimum absolute atomic E-state index is 0.209. The van der Waals surface area contributed by atoms with Crippen LogP contribution in [0.2, 0.25) is 0 Å². The molecule has 0 saturated carbocycles. The summed E-state index contributed by atoms with van der Waals surface area (Å²) >= 11 is 0. The number of fused-ring (bicyclic) bond motifs is 1. The quantitative estimate of drug-likeness (QED) is 0.654. The van der Waals surface area contributed by atoms with Crippen LogP contribution in [0.1, 0.15) is 49.5 Å². The van der Waals surface area contributed by atoms with E-state index in [2.05, 4.69) is 40.3 Å². The number of benzene rings is 1. The fourth-order valence-electron chi connectivity index (χ4n) is 4.11. The van der Waals surface area contributed by atoms with Crippen molar-refractivity contribution in [2.45, 2.75) is 52.0 Å². The van der Waals surface area contributed by atoms with Gasteiger partial charge < -0.3 is 15.1 Å². The van der Waals surface area contributed by atoms with E-state index < -0.39 is 11.7 Å². The maximum atomic E-state index is 12.9. The molecule has 1 unspecified atom stereocenters. The number of alkyl halides is 3. The lowest BCUT2D eigenvalue weighted by atomic mass is 10.1. The summed E-state index contributed by atoms with van der Waals surface area (Å²) in [5.41, 5.74) is 1.99. The van der Waals surface area contributed by atoms with Crippen molar-refractivity contribution in [2.75, 3.05) is 19.8 Å². The molecule has 1 aromatic heterocycles. The minimum atomic E-state index is -4.33. The summed E-state index contributed by atoms with van der Waals surface area (Å²) in [6, 6.07) is 5.46. The molecule has 2 aromatic rings. The van der Waals surface area contributed by atoms with Crippen LogP contribution in [0.15, 0.2) is 53.5 Å². The molecule has 9 heteroatoms. The van der Waals surface area contributed by atoms with E-state index in [1.165, 1.54) is 12.1 Å². The first-order valence-electron chi connectivity index (χ1n) is 11.1. The van der Waals surface area contributed by atoms with Crippen LogP contribution in [0.25, 0.3) is 0 Å². The van der Waals surface area contributed by atoms with E-state index in [0.717, 1.165) is 55.8 Å². The third-order valence-corrected chi connectivity index (χ3v) is 5.61. The number of nitrogens with one attached hydrogen (secondary N) is 1. The summed E-state index contributed by atoms with van der Waals surface area (Å²) in [6.07, 6.45) is 3.90. The molecule has 6 nitrogen and oxygen atoms in total. The van der Waals surface area contributed by atoms with E-state index in [-0.39, 0.29) is 6.17 Å². The van der Waals surface area contributed by atoms with Gasteiger partial charge in [-0.3, -0.25) is 4.68 Å². The molecule has 3 heterocycles. The zero-order valence-corrected chi connectivity index (χ0v) is 18.4. The predicted octanol–water partition coefficient (Wildman–Crippen LogP) is 4.38. The van der Waals surface area contributed by atoms with Crippen LogP contribution >= 0.6 is 0 Å². The second-order valence-electron chi connectivity index (χ2n) is 8.24. The van der Waals surface area contributed by atoms with Crippen LogP contribution < -0.4 is 5.32 Å². The third kappa shape index (κ3) is 4.92. The van der Waals surface area contributed by atoms with Gasteiger partial charge in [-0.2, -0.15) is 18.3 Å². The van der Waals surface area contributed by atoms with E-state index >= 15 is 0 Å². The van der Waals surface area contributed by atoms with Gasteiger partial charge in [-0.1, -0.05) is 32.0 Å². The molecule has 0 bridgehead atoms. The Morgan fingerprint density at radius 2 is 1.94 bits per heavy atom. The highest BCUT2D eigenvalue weighted by atomic mass is 19.4. The molecule has 0 saturated heterocycles. The van der Waals surface area contributed by atoms with E-state index in [0.29, 0.717) is 18.5 Å². The van der Waals surface area contributed by atoms with Gasteiger partial charge in [-0.25, -0.2) is 4.99 Å². The maximum absolute atomic E-state index is 12.9. The monoisotopic (exact) mass is 446 g/mol. The topological polar surface area (TPSA) is 48.7 Å². The zero-order valence-electron chi connectivity index (χ0n) is 18.4. The molecule has 172 valence electrons. The van der Waals surface area contributed by atoms with E-state index in [1.807, 2.05) is 6.20 Å². The van der Waals surface area contributed by atoms with Crippen molar-refractivity contribution in [3.8, 4) is 0 Å². The fourth-order valence-corrected chi connectivity index (χ4v) is 4.11. The van der Waals surface area contributed by atoms with Crippen molar-refractivity contribution in [3.63, 3.8) is 0 Å². The van der Waals surface area contributed by atoms with Gasteiger partial charge in [0.05, 0.1) is 24.1 Å². The van der Waals surface area contributed by atoms with Gasteiger partial charge in [-0.05, 0) is 30.9 Å². The number of hydrogen-bond acceptors (Lipinski definition) is 5. The molecular weight excluding hydrogens is 417 g/mol. The lowest BCUT2D eigenvalue weighted by Crippen LogP contribution is -2.45. The smallest absolute Gasteiger partial charge is 0.358 e. The summed E-state index contributed by atoms with van der Waals surface area (Å²) in [6.45, 7) is 7.62. The van der Waals surface area contributed by atoms with Gasteiger partial charge in [0.25, 0.3) is 0 Å². The van der Waals surface area contributed by atoms with E-state index in [9.17, 15) is 13.2 Å². The van der Waals surface area contributed by atoms with Gasteiger partial charge in [0.15, 0.2) is 5.84 Å². The summed E-state index contributed by atoms with van der Waals surface area (Å²) in [7, 11) is 0. The maximum Gasteiger partial charge on any atom is 0.416 e. The average Bonchev–Trinajstić information content (AvgIpc) is 3.39. The highest BCUT2D eigenvalue weighted by molar-refractivity contribution is 6.00. The SMILES string of the molecule is CCCN1C=C2NC(c3cnn(CCc4cccc(C(F)(F)F)c4)c3)N=C2N(CCC)C1. The van der Waals surface area contributed by atoms with Crippen molar-refractivity contribution in [3.05, 3.63) is 65.2 Å². The van der Waals surface area contributed by atoms with Crippen molar-refractivity contribution >= 4 is 5.84 Å². The highest BCUT2D eigenvalue weighted by Gasteiger charge is 2.32. The summed E-state index contributed by atoms with van der Waals surface area (Å²) in [5, 5.41) is 7.90. The van der Waals surface area contributed by atoms with Crippen molar-refractivity contribution in [1.29, 1.82) is 0 Å². The molecule has 0 fully saturated rings. The van der Waals surface area contributed by atoms with Crippen molar-refractivity contribution in [1.82, 2.24) is 24.9 Å². The largest absolute Gasteiger partial charge is 0.416 e. The van der Waals surface area contributed by atoms with Gasteiger partial charge in [0.1, 0.15) is 6.17 Å². The fraction of sp³-hybridized carbons (Fsp3) is 0.478. The number of aryl methyl sites for hydroxylation is 2. The molecule has 2 aliphatic rings. The first-order valence-corrected chi connectivity index (χ1v) is 11.1. The number of nitrogens with zero attached hydrogens (tertiary/aromatic N) is 5. The Morgan fingerprint density at radius 1 is 1.12 bits per heavy atom. The first kappa shape index (κ1) is 22.2. The van der Waals surface area contributed by atoms with Crippen molar-refractivity contribution in [2.24, 2.45) is 4.99 Å². The number of halogens is 3. The third-order valence-electron chi connectivity index (χ3n) is 5.61. The molecular formula is C23H29F3N6.